The first-order valence-corrected chi connectivity index (χ1v) is 5.19. The zero-order valence-electron chi connectivity index (χ0n) is 9.09. The molecular weight excluding hydrogens is 208 g/mol. The molecule has 1 fully saturated rings. The zero-order chi connectivity index (χ0) is 11.5. The van der Waals surface area contributed by atoms with Gasteiger partial charge in [0.25, 0.3) is 0 Å². The quantitative estimate of drug-likeness (QED) is 0.786. The van der Waals surface area contributed by atoms with Crippen LogP contribution >= 0.6 is 0 Å². The van der Waals surface area contributed by atoms with Crippen LogP contribution in [0.2, 0.25) is 0 Å². The van der Waals surface area contributed by atoms with E-state index in [-0.39, 0.29) is 18.5 Å². The second kappa shape index (κ2) is 4.34. The smallest absolute Gasteiger partial charge is 0.329 e. The molecule has 0 unspecified atom stereocenters. The molecule has 2 rings (SSSR count). The molecule has 1 aliphatic carbocycles. The fourth-order valence-corrected chi connectivity index (χ4v) is 1.35. The van der Waals surface area contributed by atoms with Gasteiger partial charge in [-0.3, -0.25) is 9.36 Å². The molecule has 0 radical (unpaired) electrons. The Balaban J connectivity index is 1.84. The minimum absolute atomic E-state index is 0.0769. The lowest BCUT2D eigenvalue weighted by atomic mass is 10.5. The average Bonchev–Trinajstić information content (AvgIpc) is 2.89. The first-order chi connectivity index (χ1) is 7.66. The molecule has 0 saturated heterocycles. The Bertz CT molecular complexity index is 384. The van der Waals surface area contributed by atoms with Gasteiger partial charge >= 0.3 is 6.03 Å². The average molecular weight is 222 g/mol. The van der Waals surface area contributed by atoms with Crippen LogP contribution in [-0.4, -0.2) is 46.0 Å². The number of nitrogens with zero attached hydrogens (tertiary/aromatic N) is 3. The summed E-state index contributed by atoms with van der Waals surface area (Å²) in [7, 11) is 1.59. The van der Waals surface area contributed by atoms with Crippen molar-refractivity contribution in [2.24, 2.45) is 0 Å². The van der Waals surface area contributed by atoms with Crippen molar-refractivity contribution in [1.29, 1.82) is 0 Å². The number of carbonyl (C=O) groups is 2. The predicted molar refractivity (Wildman–Crippen MR) is 56.8 cm³/mol. The Morgan fingerprint density at radius 3 is 2.88 bits per heavy atom. The fraction of sp³-hybridized carbons (Fsp3) is 0.500. The van der Waals surface area contributed by atoms with E-state index < -0.39 is 0 Å². The summed E-state index contributed by atoms with van der Waals surface area (Å²) < 4.78 is 1.34. The van der Waals surface area contributed by atoms with E-state index in [0.29, 0.717) is 6.04 Å². The number of carbonyl (C=O) groups excluding carboxylic acids is 2. The van der Waals surface area contributed by atoms with E-state index in [1.165, 1.54) is 22.0 Å². The van der Waals surface area contributed by atoms with Gasteiger partial charge in [0, 0.05) is 25.5 Å². The summed E-state index contributed by atoms with van der Waals surface area (Å²) in [5.41, 5.74) is 0. The maximum Gasteiger partial charge on any atom is 0.329 e. The van der Waals surface area contributed by atoms with Crippen LogP contribution in [0, 0.1) is 0 Å². The minimum Gasteiger partial charge on any atom is -0.352 e. The van der Waals surface area contributed by atoms with E-state index in [1.807, 2.05) is 0 Å². The van der Waals surface area contributed by atoms with E-state index in [0.717, 1.165) is 12.8 Å². The van der Waals surface area contributed by atoms with E-state index in [9.17, 15) is 9.59 Å². The van der Waals surface area contributed by atoms with E-state index in [2.05, 4.69) is 10.3 Å². The van der Waals surface area contributed by atoms with Crippen LogP contribution in [-0.2, 0) is 4.79 Å². The predicted octanol–water partition coefficient (Wildman–Crippen LogP) is 0.0616. The molecule has 6 heteroatoms. The van der Waals surface area contributed by atoms with Crippen molar-refractivity contribution in [3.63, 3.8) is 0 Å². The number of hydrogen-bond acceptors (Lipinski definition) is 3. The van der Waals surface area contributed by atoms with Gasteiger partial charge in [-0.1, -0.05) is 0 Å². The van der Waals surface area contributed by atoms with Crippen LogP contribution in [0.4, 0.5) is 4.79 Å². The van der Waals surface area contributed by atoms with Gasteiger partial charge in [0.15, 0.2) is 0 Å². The second-order valence-electron chi connectivity index (χ2n) is 3.95. The summed E-state index contributed by atoms with van der Waals surface area (Å²) in [6.07, 6.45) is 6.58. The van der Waals surface area contributed by atoms with Crippen LogP contribution in [0.25, 0.3) is 0 Å². The van der Waals surface area contributed by atoms with Crippen LogP contribution in [0.5, 0.6) is 0 Å². The maximum absolute atomic E-state index is 11.7. The van der Waals surface area contributed by atoms with Crippen LogP contribution in [0.15, 0.2) is 18.7 Å². The Morgan fingerprint density at radius 2 is 2.31 bits per heavy atom. The normalized spacial score (nSPS) is 14.6. The lowest BCUT2D eigenvalue weighted by molar-refractivity contribution is -0.121. The molecule has 1 aromatic heterocycles. The van der Waals surface area contributed by atoms with Gasteiger partial charge in [-0.15, -0.1) is 0 Å². The third-order valence-corrected chi connectivity index (χ3v) is 2.38. The third-order valence-electron chi connectivity index (χ3n) is 2.38. The van der Waals surface area contributed by atoms with E-state index in [4.69, 9.17) is 0 Å². The summed E-state index contributed by atoms with van der Waals surface area (Å²) in [5.74, 6) is -0.113. The lowest BCUT2D eigenvalue weighted by Crippen LogP contribution is -2.40. The summed E-state index contributed by atoms with van der Waals surface area (Å²) in [5, 5.41) is 2.83. The summed E-state index contributed by atoms with van der Waals surface area (Å²) >= 11 is 0. The Kier molecular flexibility index (Phi) is 2.89. The van der Waals surface area contributed by atoms with Crippen molar-refractivity contribution in [3.8, 4) is 0 Å². The number of aromatic nitrogens is 2. The first kappa shape index (κ1) is 10.7. The second-order valence-corrected chi connectivity index (χ2v) is 3.95. The highest BCUT2D eigenvalue weighted by atomic mass is 16.2. The highest BCUT2D eigenvalue weighted by molar-refractivity contribution is 5.85. The maximum atomic E-state index is 11.7. The molecule has 1 N–H and O–H groups in total. The van der Waals surface area contributed by atoms with Gasteiger partial charge < -0.3 is 10.2 Å². The van der Waals surface area contributed by atoms with Crippen LogP contribution in [0.1, 0.15) is 12.8 Å². The molecule has 0 aliphatic heterocycles. The molecule has 1 aliphatic rings. The molecule has 1 saturated carbocycles. The molecule has 0 atom stereocenters. The van der Waals surface area contributed by atoms with Crippen molar-refractivity contribution in [1.82, 2.24) is 19.8 Å². The first-order valence-electron chi connectivity index (χ1n) is 5.19. The number of rotatable bonds is 3. The SMILES string of the molecule is CN(CC(=O)NC1CC1)C(=O)n1ccnc1. The van der Waals surface area contributed by atoms with Gasteiger partial charge in [-0.2, -0.15) is 0 Å². The Hall–Kier alpha value is -1.85. The zero-order valence-corrected chi connectivity index (χ0v) is 9.09. The van der Waals surface area contributed by atoms with Crippen molar-refractivity contribution in [2.45, 2.75) is 18.9 Å². The monoisotopic (exact) mass is 222 g/mol. The highest BCUT2D eigenvalue weighted by Crippen LogP contribution is 2.18. The van der Waals surface area contributed by atoms with E-state index in [1.54, 1.807) is 13.2 Å². The molecular formula is C10H14N4O2. The highest BCUT2D eigenvalue weighted by Gasteiger charge is 2.24. The summed E-state index contributed by atoms with van der Waals surface area (Å²) in [4.78, 5) is 28.3. The van der Waals surface area contributed by atoms with Gasteiger partial charge in [-0.25, -0.2) is 9.78 Å². The third kappa shape index (κ3) is 2.59. The van der Waals surface area contributed by atoms with Crippen molar-refractivity contribution in [3.05, 3.63) is 18.7 Å². The molecule has 16 heavy (non-hydrogen) atoms. The topological polar surface area (TPSA) is 67.2 Å². The van der Waals surface area contributed by atoms with Crippen molar-refractivity contribution >= 4 is 11.9 Å². The summed E-state index contributed by atoms with van der Waals surface area (Å²) in [6.45, 7) is 0.0769. The van der Waals surface area contributed by atoms with E-state index >= 15 is 0 Å². The van der Waals surface area contributed by atoms with Crippen molar-refractivity contribution in [2.75, 3.05) is 13.6 Å². The number of hydrogen-bond donors (Lipinski definition) is 1. The van der Waals surface area contributed by atoms with Gasteiger partial charge in [0.1, 0.15) is 12.9 Å². The van der Waals surface area contributed by atoms with Gasteiger partial charge in [-0.05, 0) is 12.8 Å². The number of likely N-dealkylation sites (N-methyl/N-ethyl adjacent to an activating group) is 1. The molecule has 86 valence electrons. The molecule has 6 nitrogen and oxygen atoms in total. The largest absolute Gasteiger partial charge is 0.352 e. The van der Waals surface area contributed by atoms with Gasteiger partial charge in [0.05, 0.1) is 0 Å². The molecule has 0 aromatic carbocycles. The van der Waals surface area contributed by atoms with Crippen molar-refractivity contribution < 1.29 is 9.59 Å². The molecule has 0 spiro atoms. The number of imidazole rings is 1. The number of amides is 2. The fourth-order valence-electron chi connectivity index (χ4n) is 1.35. The number of nitrogens with one attached hydrogen (secondary N) is 1. The molecule has 1 aromatic rings. The van der Waals surface area contributed by atoms with Crippen LogP contribution in [0.3, 0.4) is 0 Å². The standard InChI is InChI=1S/C10H14N4O2/c1-13(6-9(15)12-8-2-3-8)10(16)14-5-4-11-7-14/h4-5,7-8H,2-3,6H2,1H3,(H,12,15). The molecule has 0 bridgehead atoms. The molecule has 2 amide bonds. The van der Waals surface area contributed by atoms with Crippen LogP contribution < -0.4 is 5.32 Å². The summed E-state index contributed by atoms with van der Waals surface area (Å²) in [6, 6.07) is 0.0627. The Labute approximate surface area is 93.3 Å². The molecule has 1 heterocycles. The Morgan fingerprint density at radius 1 is 1.56 bits per heavy atom. The lowest BCUT2D eigenvalue weighted by Gasteiger charge is -2.16. The van der Waals surface area contributed by atoms with Gasteiger partial charge in [0.2, 0.25) is 5.91 Å². The minimum atomic E-state index is -0.261.